The number of guanidine groups is 1. The highest BCUT2D eigenvalue weighted by Crippen LogP contribution is 1.86. The van der Waals surface area contributed by atoms with Crippen LogP contribution in [0.1, 0.15) is 26.7 Å². The molecule has 0 saturated carbocycles. The summed E-state index contributed by atoms with van der Waals surface area (Å²) in [7, 11) is 0. The van der Waals surface area contributed by atoms with Gasteiger partial charge >= 0.3 is 5.97 Å². The predicted octanol–water partition coefficient (Wildman–Crippen LogP) is 0.188. The lowest BCUT2D eigenvalue weighted by molar-refractivity contribution is -0.141. The van der Waals surface area contributed by atoms with Crippen LogP contribution in [0.4, 0.5) is 0 Å². The molecular weight excluding hydrogens is 158 g/mol. The first-order valence-electron chi connectivity index (χ1n) is 3.73. The largest absolute Gasteiger partial charge is 0.466 e. The third-order valence-corrected chi connectivity index (χ3v) is 0.803. The van der Waals surface area contributed by atoms with Gasteiger partial charge in [0.1, 0.15) is 0 Å². The van der Waals surface area contributed by atoms with Crippen LogP contribution >= 0.6 is 0 Å². The van der Waals surface area contributed by atoms with Crippen LogP contribution in [-0.2, 0) is 9.53 Å². The van der Waals surface area contributed by atoms with Crippen molar-refractivity contribution in [2.45, 2.75) is 26.7 Å². The van der Waals surface area contributed by atoms with Crippen molar-refractivity contribution in [3.05, 3.63) is 0 Å². The summed E-state index contributed by atoms with van der Waals surface area (Å²) in [5, 5.41) is 6.06. The van der Waals surface area contributed by atoms with Crippen LogP contribution in [0, 0.1) is 5.41 Å². The van der Waals surface area contributed by atoms with E-state index in [1.54, 1.807) is 0 Å². The lowest BCUT2D eigenvalue weighted by atomic mass is 10.4. The summed E-state index contributed by atoms with van der Waals surface area (Å²) >= 11 is 0. The predicted molar refractivity (Wildman–Crippen MR) is 47.6 cm³/mol. The SMILES string of the molecule is CCCCOC(C)=O.N=C(N)N. The second-order valence-corrected chi connectivity index (χ2v) is 2.15. The van der Waals surface area contributed by atoms with Gasteiger partial charge in [-0.3, -0.25) is 10.2 Å². The Balaban J connectivity index is 0. The molecule has 0 atom stereocenters. The van der Waals surface area contributed by atoms with Crippen LogP contribution < -0.4 is 11.5 Å². The minimum atomic E-state index is -0.333. The van der Waals surface area contributed by atoms with E-state index in [1.807, 2.05) is 0 Å². The summed E-state index contributed by atoms with van der Waals surface area (Å²) in [5.74, 6) is -0.515. The van der Waals surface area contributed by atoms with Crippen molar-refractivity contribution in [1.82, 2.24) is 0 Å². The van der Waals surface area contributed by atoms with Gasteiger partial charge in [-0.25, -0.2) is 0 Å². The molecular formula is C7H17N3O2. The van der Waals surface area contributed by atoms with E-state index >= 15 is 0 Å². The van der Waals surface area contributed by atoms with Gasteiger partial charge in [0.05, 0.1) is 6.61 Å². The van der Waals surface area contributed by atoms with E-state index in [4.69, 9.17) is 5.41 Å². The Kier molecular flexibility index (Phi) is 10.8. The number of esters is 1. The second kappa shape index (κ2) is 9.74. The Morgan fingerprint density at radius 1 is 1.50 bits per heavy atom. The molecule has 0 fully saturated rings. The van der Waals surface area contributed by atoms with Crippen LogP contribution in [0.25, 0.3) is 0 Å². The van der Waals surface area contributed by atoms with E-state index in [9.17, 15) is 4.79 Å². The van der Waals surface area contributed by atoms with Gasteiger partial charge in [0.25, 0.3) is 0 Å². The van der Waals surface area contributed by atoms with Crippen LogP contribution in [0.5, 0.6) is 0 Å². The Morgan fingerprint density at radius 3 is 2.17 bits per heavy atom. The number of hydrogen-bond donors (Lipinski definition) is 3. The van der Waals surface area contributed by atoms with Crippen LogP contribution in [0.2, 0.25) is 0 Å². The number of nitrogens with two attached hydrogens (primary N) is 2. The molecule has 5 N–H and O–H groups in total. The van der Waals surface area contributed by atoms with Crippen molar-refractivity contribution in [3.63, 3.8) is 0 Å². The molecule has 0 amide bonds. The maximum Gasteiger partial charge on any atom is 0.302 e. The van der Waals surface area contributed by atoms with Crippen LogP contribution in [0.3, 0.4) is 0 Å². The molecule has 5 nitrogen and oxygen atoms in total. The van der Waals surface area contributed by atoms with E-state index in [-0.39, 0.29) is 11.9 Å². The summed E-state index contributed by atoms with van der Waals surface area (Å²) in [6, 6.07) is 0. The van der Waals surface area contributed by atoms with Gasteiger partial charge in [0.15, 0.2) is 5.96 Å². The fourth-order valence-electron chi connectivity index (χ4n) is 0.360. The van der Waals surface area contributed by atoms with Crippen molar-refractivity contribution in [1.29, 1.82) is 5.41 Å². The van der Waals surface area contributed by atoms with Gasteiger partial charge < -0.3 is 16.2 Å². The van der Waals surface area contributed by atoms with Crippen LogP contribution in [-0.4, -0.2) is 18.5 Å². The molecule has 0 aromatic rings. The quantitative estimate of drug-likeness (QED) is 0.246. The number of unbranched alkanes of at least 4 members (excludes halogenated alkanes) is 1. The molecule has 0 aliphatic rings. The van der Waals surface area contributed by atoms with Gasteiger partial charge in [-0.1, -0.05) is 13.3 Å². The average molecular weight is 175 g/mol. The van der Waals surface area contributed by atoms with Gasteiger partial charge in [-0.15, -0.1) is 0 Å². The molecule has 0 aromatic heterocycles. The van der Waals surface area contributed by atoms with E-state index < -0.39 is 0 Å². The maximum atomic E-state index is 10.1. The molecule has 0 heterocycles. The molecule has 0 bridgehead atoms. The Hall–Kier alpha value is -1.26. The van der Waals surface area contributed by atoms with Crippen molar-refractivity contribution >= 4 is 11.9 Å². The van der Waals surface area contributed by atoms with Crippen molar-refractivity contribution in [2.24, 2.45) is 11.5 Å². The van der Waals surface area contributed by atoms with Crippen LogP contribution in [0.15, 0.2) is 0 Å². The lowest BCUT2D eigenvalue weighted by Crippen LogP contribution is -2.20. The zero-order chi connectivity index (χ0) is 9.98. The number of nitrogens with one attached hydrogen (secondary N) is 1. The van der Waals surface area contributed by atoms with E-state index in [0.29, 0.717) is 6.61 Å². The Labute approximate surface area is 72.6 Å². The number of rotatable bonds is 3. The fourth-order valence-corrected chi connectivity index (χ4v) is 0.360. The molecule has 0 aromatic carbocycles. The number of carbonyl (C=O) groups is 1. The van der Waals surface area contributed by atoms with Gasteiger partial charge in [-0.2, -0.15) is 0 Å². The standard InChI is InChI=1S/C6H12O2.CH5N3/c1-3-4-5-8-6(2)7;2-1(3)4/h3-5H2,1-2H3;(H5,2,3,4). The van der Waals surface area contributed by atoms with Gasteiger partial charge in [0, 0.05) is 6.92 Å². The molecule has 0 radical (unpaired) electrons. The number of ether oxygens (including phenoxy) is 1. The van der Waals surface area contributed by atoms with Gasteiger partial charge in [-0.05, 0) is 6.42 Å². The molecule has 0 saturated heterocycles. The summed E-state index contributed by atoms with van der Waals surface area (Å²) in [5.41, 5.74) is 8.94. The van der Waals surface area contributed by atoms with Gasteiger partial charge in [0.2, 0.25) is 0 Å². The highest BCUT2D eigenvalue weighted by atomic mass is 16.5. The molecule has 0 unspecified atom stereocenters. The molecule has 0 rings (SSSR count). The number of carbonyl (C=O) groups excluding carboxylic acids is 1. The normalized spacial score (nSPS) is 7.83. The molecule has 0 spiro atoms. The summed E-state index contributed by atoms with van der Waals surface area (Å²) in [6.07, 6.45) is 2.05. The summed E-state index contributed by atoms with van der Waals surface area (Å²) in [6.45, 7) is 4.06. The minimum absolute atomic E-state index is 0.182. The average Bonchev–Trinajstić information content (AvgIpc) is 1.86. The minimum Gasteiger partial charge on any atom is -0.466 e. The zero-order valence-corrected chi connectivity index (χ0v) is 7.59. The Bertz CT molecular complexity index is 133. The summed E-state index contributed by atoms with van der Waals surface area (Å²) in [4.78, 5) is 10.1. The first kappa shape index (κ1) is 13.3. The first-order chi connectivity index (χ1) is 5.50. The number of hydrogen-bond acceptors (Lipinski definition) is 3. The molecule has 5 heteroatoms. The first-order valence-corrected chi connectivity index (χ1v) is 3.73. The highest BCUT2D eigenvalue weighted by molar-refractivity contribution is 5.71. The summed E-state index contributed by atoms with van der Waals surface area (Å²) < 4.78 is 4.64. The fraction of sp³-hybridized carbons (Fsp3) is 0.714. The molecule has 12 heavy (non-hydrogen) atoms. The van der Waals surface area contributed by atoms with E-state index in [0.717, 1.165) is 12.8 Å². The maximum absolute atomic E-state index is 10.1. The van der Waals surface area contributed by atoms with Crippen molar-refractivity contribution in [2.75, 3.05) is 6.61 Å². The molecule has 0 aliphatic heterocycles. The smallest absolute Gasteiger partial charge is 0.302 e. The van der Waals surface area contributed by atoms with E-state index in [2.05, 4.69) is 23.1 Å². The Morgan fingerprint density at radius 2 is 1.92 bits per heavy atom. The monoisotopic (exact) mass is 175 g/mol. The topological polar surface area (TPSA) is 102 Å². The second-order valence-electron chi connectivity index (χ2n) is 2.15. The van der Waals surface area contributed by atoms with Crippen molar-refractivity contribution < 1.29 is 9.53 Å². The third kappa shape index (κ3) is 37.4. The van der Waals surface area contributed by atoms with Crippen molar-refractivity contribution in [3.8, 4) is 0 Å². The zero-order valence-electron chi connectivity index (χ0n) is 7.59. The molecule has 72 valence electrons. The highest BCUT2D eigenvalue weighted by Gasteiger charge is 1.88. The lowest BCUT2D eigenvalue weighted by Gasteiger charge is -1.96. The molecule has 0 aliphatic carbocycles. The van der Waals surface area contributed by atoms with E-state index in [1.165, 1.54) is 6.92 Å². The third-order valence-electron chi connectivity index (χ3n) is 0.803.